The molecule has 1 N–H and O–H groups in total. The van der Waals surface area contributed by atoms with Gasteiger partial charge >= 0.3 is 5.91 Å². The van der Waals surface area contributed by atoms with Crippen LogP contribution in [0.3, 0.4) is 0 Å². The van der Waals surface area contributed by atoms with Crippen LogP contribution in [-0.2, 0) is 6.54 Å². The number of carbonyl (C=O) groups is 1. The lowest BCUT2D eigenvalue weighted by Gasteiger charge is -2.12. The first-order valence-electron chi connectivity index (χ1n) is 7.91. The maximum absolute atomic E-state index is 12.9. The molecule has 0 atom stereocenters. The predicted molar refractivity (Wildman–Crippen MR) is 97.8 cm³/mol. The number of hydrogen-bond donors (Lipinski definition) is 1. The largest absolute Gasteiger partial charge is 0.307 e. The molecule has 0 bridgehead atoms. The average molecular weight is 334 g/mol. The molecule has 0 saturated heterocycles. The van der Waals surface area contributed by atoms with Gasteiger partial charge in [-0.05, 0) is 31.5 Å². The van der Waals surface area contributed by atoms with Crippen molar-refractivity contribution < 1.29 is 4.79 Å². The molecule has 3 aromatic rings. The number of nitrogens with zero attached hydrogens (tertiary/aromatic N) is 3. The second kappa shape index (κ2) is 7.09. The minimum Gasteiger partial charge on any atom is -0.283 e. The van der Waals surface area contributed by atoms with Crippen molar-refractivity contribution in [1.29, 1.82) is 0 Å². The van der Waals surface area contributed by atoms with Gasteiger partial charge in [-0.3, -0.25) is 14.2 Å². The monoisotopic (exact) mass is 334 g/mol. The smallest absolute Gasteiger partial charge is 0.283 e. The zero-order chi connectivity index (χ0) is 17.8. The minimum atomic E-state index is -0.514. The first kappa shape index (κ1) is 16.6. The second-order valence-corrected chi connectivity index (χ2v) is 5.83. The van der Waals surface area contributed by atoms with E-state index in [2.05, 4.69) is 15.5 Å². The third-order valence-corrected chi connectivity index (χ3v) is 3.63. The molecular formula is C19H18N4O2. The van der Waals surface area contributed by atoms with Gasteiger partial charge in [-0.15, -0.1) is 0 Å². The molecule has 0 aliphatic carbocycles. The van der Waals surface area contributed by atoms with Crippen LogP contribution >= 0.6 is 0 Å². The molecule has 2 aromatic carbocycles. The zero-order valence-corrected chi connectivity index (χ0v) is 14.1. The van der Waals surface area contributed by atoms with Crippen LogP contribution in [0, 0.1) is 0 Å². The number of amides is 1. The summed E-state index contributed by atoms with van der Waals surface area (Å²) in [6.45, 7) is 3.80. The standard InChI is InChI=1S/C19H18N4O2/c1-13(2)21-22-18(24)17-20-16-11-7-6-10-15(16)19(25)23(17)12-14-8-4-3-5-9-14/h3-11H,12H2,1-2H3,(H,22,24). The number of para-hydroxylation sites is 1. The Hall–Kier alpha value is -3.28. The molecule has 1 aromatic heterocycles. The molecule has 0 radical (unpaired) electrons. The molecule has 126 valence electrons. The number of hydrazone groups is 1. The van der Waals surface area contributed by atoms with Crippen LogP contribution in [0.25, 0.3) is 10.9 Å². The summed E-state index contributed by atoms with van der Waals surface area (Å²) in [5.74, 6) is -0.475. The number of hydrogen-bond acceptors (Lipinski definition) is 4. The zero-order valence-electron chi connectivity index (χ0n) is 14.1. The van der Waals surface area contributed by atoms with Crippen molar-refractivity contribution in [3.63, 3.8) is 0 Å². The van der Waals surface area contributed by atoms with Gasteiger partial charge in [0.2, 0.25) is 5.82 Å². The first-order chi connectivity index (χ1) is 12.1. The average Bonchev–Trinajstić information content (AvgIpc) is 2.62. The van der Waals surface area contributed by atoms with Crippen LogP contribution in [-0.4, -0.2) is 21.2 Å². The highest BCUT2D eigenvalue weighted by Gasteiger charge is 2.17. The van der Waals surface area contributed by atoms with Gasteiger partial charge in [-0.1, -0.05) is 42.5 Å². The van der Waals surface area contributed by atoms with Gasteiger partial charge < -0.3 is 0 Å². The van der Waals surface area contributed by atoms with Crippen LogP contribution in [0.5, 0.6) is 0 Å². The lowest BCUT2D eigenvalue weighted by molar-refractivity contribution is 0.0939. The summed E-state index contributed by atoms with van der Waals surface area (Å²) in [5.41, 5.74) is 4.28. The molecule has 3 rings (SSSR count). The molecule has 6 heteroatoms. The Labute approximate surface area is 144 Å². The van der Waals surface area contributed by atoms with Crippen LogP contribution in [0.4, 0.5) is 0 Å². The Morgan fingerprint density at radius 2 is 1.76 bits per heavy atom. The highest BCUT2D eigenvalue weighted by molar-refractivity contribution is 5.94. The predicted octanol–water partition coefficient (Wildman–Crippen LogP) is 2.57. The molecule has 25 heavy (non-hydrogen) atoms. The quantitative estimate of drug-likeness (QED) is 0.588. The van der Waals surface area contributed by atoms with Crippen molar-refractivity contribution >= 4 is 22.5 Å². The van der Waals surface area contributed by atoms with Gasteiger partial charge in [0, 0.05) is 5.71 Å². The van der Waals surface area contributed by atoms with Crippen LogP contribution in [0.2, 0.25) is 0 Å². The van der Waals surface area contributed by atoms with Gasteiger partial charge in [-0.25, -0.2) is 10.4 Å². The van der Waals surface area contributed by atoms with Crippen molar-refractivity contribution in [2.75, 3.05) is 0 Å². The van der Waals surface area contributed by atoms with E-state index in [4.69, 9.17) is 0 Å². The fourth-order valence-electron chi connectivity index (χ4n) is 2.47. The first-order valence-corrected chi connectivity index (χ1v) is 7.91. The van der Waals surface area contributed by atoms with Crippen LogP contribution in [0.15, 0.2) is 64.5 Å². The van der Waals surface area contributed by atoms with Crippen molar-refractivity contribution in [3.8, 4) is 0 Å². The van der Waals surface area contributed by atoms with Crippen LogP contribution < -0.4 is 11.0 Å². The maximum Gasteiger partial charge on any atom is 0.307 e. The summed E-state index contributed by atoms with van der Waals surface area (Å²) in [4.78, 5) is 29.8. The number of carbonyl (C=O) groups excluding carboxylic acids is 1. The second-order valence-electron chi connectivity index (χ2n) is 5.83. The van der Waals surface area contributed by atoms with E-state index < -0.39 is 5.91 Å². The molecule has 0 unspecified atom stereocenters. The van der Waals surface area contributed by atoms with Crippen molar-refractivity contribution in [2.24, 2.45) is 5.10 Å². The number of rotatable bonds is 4. The van der Waals surface area contributed by atoms with Crippen molar-refractivity contribution in [3.05, 3.63) is 76.3 Å². The van der Waals surface area contributed by atoms with E-state index in [9.17, 15) is 9.59 Å². The maximum atomic E-state index is 12.9. The summed E-state index contributed by atoms with van der Waals surface area (Å²) in [5, 5.41) is 4.40. The molecule has 0 saturated carbocycles. The third kappa shape index (κ3) is 3.63. The topological polar surface area (TPSA) is 76.3 Å². The molecule has 1 amide bonds. The Morgan fingerprint density at radius 1 is 1.08 bits per heavy atom. The van der Waals surface area contributed by atoms with Crippen molar-refractivity contribution in [1.82, 2.24) is 15.0 Å². The van der Waals surface area contributed by atoms with E-state index in [1.807, 2.05) is 30.3 Å². The molecule has 0 fully saturated rings. The molecule has 1 heterocycles. The highest BCUT2D eigenvalue weighted by Crippen LogP contribution is 2.10. The lowest BCUT2D eigenvalue weighted by atomic mass is 10.2. The molecule has 0 aliphatic rings. The van der Waals surface area contributed by atoms with E-state index in [-0.39, 0.29) is 17.9 Å². The minimum absolute atomic E-state index is 0.0394. The fourth-order valence-corrected chi connectivity index (χ4v) is 2.47. The number of benzene rings is 2. The van der Waals surface area contributed by atoms with Gasteiger partial charge in [0.1, 0.15) is 0 Å². The third-order valence-electron chi connectivity index (χ3n) is 3.63. The Balaban J connectivity index is 2.15. The van der Waals surface area contributed by atoms with E-state index in [0.717, 1.165) is 5.56 Å². The molecular weight excluding hydrogens is 316 g/mol. The highest BCUT2D eigenvalue weighted by atomic mass is 16.2. The molecule has 6 nitrogen and oxygen atoms in total. The normalized spacial score (nSPS) is 10.5. The summed E-state index contributed by atoms with van der Waals surface area (Å²) in [7, 11) is 0. The van der Waals surface area contributed by atoms with Gasteiger partial charge in [-0.2, -0.15) is 5.10 Å². The van der Waals surface area contributed by atoms with Crippen LogP contribution in [0.1, 0.15) is 30.0 Å². The molecule has 0 spiro atoms. The van der Waals surface area contributed by atoms with E-state index in [0.29, 0.717) is 16.6 Å². The summed E-state index contributed by atoms with van der Waals surface area (Å²) < 4.78 is 1.38. The number of aromatic nitrogens is 2. The lowest BCUT2D eigenvalue weighted by Crippen LogP contribution is -2.32. The van der Waals surface area contributed by atoms with E-state index in [1.165, 1.54) is 4.57 Å². The number of nitrogens with one attached hydrogen (secondary N) is 1. The van der Waals surface area contributed by atoms with Gasteiger partial charge in [0.05, 0.1) is 17.4 Å². The SMILES string of the molecule is CC(C)=NNC(=O)c1nc2ccccc2c(=O)n1Cc1ccccc1. The number of fused-ring (bicyclic) bond motifs is 1. The summed E-state index contributed by atoms with van der Waals surface area (Å²) in [6.07, 6.45) is 0. The Morgan fingerprint density at radius 3 is 2.48 bits per heavy atom. The Kier molecular flexibility index (Phi) is 4.70. The summed E-state index contributed by atoms with van der Waals surface area (Å²) in [6, 6.07) is 16.5. The van der Waals surface area contributed by atoms with Gasteiger partial charge in [0.15, 0.2) is 0 Å². The Bertz CT molecular complexity index is 1000. The van der Waals surface area contributed by atoms with E-state index in [1.54, 1.807) is 38.1 Å². The molecule has 0 aliphatic heterocycles. The fraction of sp³-hybridized carbons (Fsp3) is 0.158. The van der Waals surface area contributed by atoms with Crippen molar-refractivity contribution in [2.45, 2.75) is 20.4 Å². The summed E-state index contributed by atoms with van der Waals surface area (Å²) >= 11 is 0. The van der Waals surface area contributed by atoms with Gasteiger partial charge in [0.25, 0.3) is 5.56 Å². The van der Waals surface area contributed by atoms with E-state index >= 15 is 0 Å².